The molecule has 1 aromatic carbocycles. The van der Waals surface area contributed by atoms with Crippen molar-refractivity contribution in [1.82, 2.24) is 4.98 Å². The third kappa shape index (κ3) is 2.99. The Balaban J connectivity index is 1.75. The van der Waals surface area contributed by atoms with Crippen molar-refractivity contribution >= 4 is 5.69 Å². The quantitative estimate of drug-likeness (QED) is 0.908. The number of para-hydroxylation sites is 1. The summed E-state index contributed by atoms with van der Waals surface area (Å²) in [5, 5.41) is 0. The summed E-state index contributed by atoms with van der Waals surface area (Å²) in [5.74, 6) is 0.887. The van der Waals surface area contributed by atoms with E-state index in [9.17, 15) is 4.39 Å². The second-order valence-electron chi connectivity index (χ2n) is 4.83. The Labute approximate surface area is 116 Å². The number of hydrogen-bond acceptors (Lipinski definition) is 4. The highest BCUT2D eigenvalue weighted by molar-refractivity contribution is 5.49. The van der Waals surface area contributed by atoms with Crippen LogP contribution in [0, 0.1) is 11.7 Å². The van der Waals surface area contributed by atoms with Crippen LogP contribution < -0.4 is 15.2 Å². The third-order valence-corrected chi connectivity index (χ3v) is 3.07. The first kappa shape index (κ1) is 12.7. The highest BCUT2D eigenvalue weighted by Crippen LogP contribution is 2.31. The van der Waals surface area contributed by atoms with Crippen molar-refractivity contribution in [2.75, 3.05) is 12.3 Å². The number of pyridine rings is 1. The van der Waals surface area contributed by atoms with E-state index >= 15 is 0 Å². The number of hydrogen-bond donors (Lipinski definition) is 1. The van der Waals surface area contributed by atoms with Crippen molar-refractivity contribution in [3.8, 4) is 17.5 Å². The molecule has 0 aliphatic heterocycles. The maximum atomic E-state index is 13.5. The lowest BCUT2D eigenvalue weighted by atomic mass is 10.3. The summed E-state index contributed by atoms with van der Waals surface area (Å²) in [4.78, 5) is 4.17. The summed E-state index contributed by atoms with van der Waals surface area (Å²) in [6, 6.07) is 9.40. The van der Waals surface area contributed by atoms with E-state index in [0.29, 0.717) is 24.1 Å². The molecule has 104 valence electrons. The zero-order chi connectivity index (χ0) is 13.9. The van der Waals surface area contributed by atoms with Crippen LogP contribution in [0.1, 0.15) is 12.8 Å². The fraction of sp³-hybridized carbons (Fsp3) is 0.267. The molecule has 0 bridgehead atoms. The van der Waals surface area contributed by atoms with Gasteiger partial charge in [-0.25, -0.2) is 4.39 Å². The average Bonchev–Trinajstić information content (AvgIpc) is 3.26. The number of halogens is 1. The molecule has 1 aromatic heterocycles. The van der Waals surface area contributed by atoms with Crippen LogP contribution >= 0.6 is 0 Å². The van der Waals surface area contributed by atoms with Crippen LogP contribution in [0.2, 0.25) is 0 Å². The topological polar surface area (TPSA) is 57.4 Å². The Morgan fingerprint density at radius 2 is 2.00 bits per heavy atom. The van der Waals surface area contributed by atoms with Crippen molar-refractivity contribution in [1.29, 1.82) is 0 Å². The molecule has 1 heterocycles. The highest BCUT2D eigenvalue weighted by atomic mass is 19.1. The zero-order valence-corrected chi connectivity index (χ0v) is 10.9. The van der Waals surface area contributed by atoms with Gasteiger partial charge < -0.3 is 15.2 Å². The number of anilines is 1. The predicted molar refractivity (Wildman–Crippen MR) is 73.3 cm³/mol. The standard InChI is InChI=1S/C15H15FN2O2/c16-11-3-1-2-4-13(11)20-14-8-7-12(17)15(18-14)19-9-10-5-6-10/h1-4,7-8,10H,5-6,9,17H2. The molecule has 0 atom stereocenters. The molecule has 1 aliphatic carbocycles. The lowest BCUT2D eigenvalue weighted by Gasteiger charge is -2.10. The minimum Gasteiger partial charge on any atom is -0.476 e. The van der Waals surface area contributed by atoms with Crippen LogP contribution in [0.5, 0.6) is 17.5 Å². The van der Waals surface area contributed by atoms with Gasteiger partial charge >= 0.3 is 0 Å². The van der Waals surface area contributed by atoms with E-state index in [1.54, 1.807) is 24.3 Å². The molecule has 5 heteroatoms. The van der Waals surface area contributed by atoms with Crippen LogP contribution in [0.3, 0.4) is 0 Å². The molecular formula is C15H15FN2O2. The van der Waals surface area contributed by atoms with E-state index in [2.05, 4.69) is 4.98 Å². The Morgan fingerprint density at radius 3 is 2.75 bits per heavy atom. The minimum atomic E-state index is -0.438. The first-order chi connectivity index (χ1) is 9.72. The van der Waals surface area contributed by atoms with Gasteiger partial charge in [-0.3, -0.25) is 0 Å². The van der Waals surface area contributed by atoms with Crippen LogP contribution in [-0.2, 0) is 0 Å². The molecule has 2 aromatic rings. The number of nitrogens with two attached hydrogens (primary N) is 1. The molecule has 2 N–H and O–H groups in total. The van der Waals surface area contributed by atoms with Crippen molar-refractivity contribution in [2.24, 2.45) is 5.92 Å². The molecule has 3 rings (SSSR count). The lowest BCUT2D eigenvalue weighted by molar-refractivity contribution is 0.286. The number of nitrogen functional groups attached to an aromatic ring is 1. The number of ether oxygens (including phenoxy) is 2. The second-order valence-corrected chi connectivity index (χ2v) is 4.83. The molecular weight excluding hydrogens is 259 g/mol. The molecule has 1 aliphatic rings. The van der Waals surface area contributed by atoms with Gasteiger partial charge in [0.1, 0.15) is 0 Å². The SMILES string of the molecule is Nc1ccc(Oc2ccccc2F)nc1OCC1CC1. The highest BCUT2D eigenvalue weighted by Gasteiger charge is 2.22. The van der Waals surface area contributed by atoms with E-state index in [0.717, 1.165) is 0 Å². The molecule has 20 heavy (non-hydrogen) atoms. The normalized spacial score (nSPS) is 14.1. The van der Waals surface area contributed by atoms with Gasteiger partial charge in [-0.05, 0) is 37.0 Å². The van der Waals surface area contributed by atoms with Gasteiger partial charge in [0.05, 0.1) is 12.3 Å². The molecule has 0 unspecified atom stereocenters. The summed E-state index contributed by atoms with van der Waals surface area (Å²) in [7, 11) is 0. The number of rotatable bonds is 5. The van der Waals surface area contributed by atoms with Crippen molar-refractivity contribution in [3.05, 3.63) is 42.2 Å². The lowest BCUT2D eigenvalue weighted by Crippen LogP contribution is -2.04. The van der Waals surface area contributed by atoms with Crippen LogP contribution in [-0.4, -0.2) is 11.6 Å². The first-order valence-corrected chi connectivity index (χ1v) is 6.54. The molecule has 1 fully saturated rings. The van der Waals surface area contributed by atoms with Crippen LogP contribution in [0.4, 0.5) is 10.1 Å². The molecule has 1 saturated carbocycles. The van der Waals surface area contributed by atoms with E-state index < -0.39 is 5.82 Å². The van der Waals surface area contributed by atoms with Gasteiger partial charge in [0.2, 0.25) is 11.8 Å². The Morgan fingerprint density at radius 1 is 1.20 bits per heavy atom. The number of nitrogens with zero attached hydrogens (tertiary/aromatic N) is 1. The zero-order valence-electron chi connectivity index (χ0n) is 10.9. The monoisotopic (exact) mass is 274 g/mol. The summed E-state index contributed by atoms with van der Waals surface area (Å²) in [6.45, 7) is 0.611. The first-order valence-electron chi connectivity index (χ1n) is 6.54. The van der Waals surface area contributed by atoms with Gasteiger partial charge in [0.25, 0.3) is 0 Å². The van der Waals surface area contributed by atoms with Gasteiger partial charge in [0, 0.05) is 6.07 Å². The van der Waals surface area contributed by atoms with Gasteiger partial charge in [-0.1, -0.05) is 12.1 Å². The Hall–Kier alpha value is -2.30. The molecule has 0 spiro atoms. The maximum absolute atomic E-state index is 13.5. The van der Waals surface area contributed by atoms with Crippen molar-refractivity contribution in [3.63, 3.8) is 0 Å². The van der Waals surface area contributed by atoms with Crippen LogP contribution in [0.25, 0.3) is 0 Å². The smallest absolute Gasteiger partial charge is 0.240 e. The number of aromatic nitrogens is 1. The van der Waals surface area contributed by atoms with Crippen molar-refractivity contribution < 1.29 is 13.9 Å². The van der Waals surface area contributed by atoms with E-state index in [1.165, 1.54) is 25.0 Å². The second kappa shape index (κ2) is 5.36. The summed E-state index contributed by atoms with van der Waals surface area (Å²) >= 11 is 0. The molecule has 0 amide bonds. The largest absolute Gasteiger partial charge is 0.476 e. The van der Waals surface area contributed by atoms with E-state index in [1.807, 2.05) is 0 Å². The Kier molecular flexibility index (Phi) is 3.41. The fourth-order valence-corrected chi connectivity index (χ4v) is 1.73. The van der Waals surface area contributed by atoms with Gasteiger partial charge in [-0.2, -0.15) is 4.98 Å². The summed E-state index contributed by atoms with van der Waals surface area (Å²) in [6.07, 6.45) is 2.37. The Bertz CT molecular complexity index is 615. The maximum Gasteiger partial charge on any atom is 0.240 e. The molecule has 4 nitrogen and oxygen atoms in total. The van der Waals surface area contributed by atoms with E-state index in [4.69, 9.17) is 15.2 Å². The number of benzene rings is 1. The van der Waals surface area contributed by atoms with Crippen molar-refractivity contribution in [2.45, 2.75) is 12.8 Å². The molecule has 0 saturated heterocycles. The minimum absolute atomic E-state index is 0.123. The predicted octanol–water partition coefficient (Wildman–Crippen LogP) is 3.38. The third-order valence-electron chi connectivity index (χ3n) is 3.07. The van der Waals surface area contributed by atoms with Gasteiger partial charge in [-0.15, -0.1) is 0 Å². The average molecular weight is 274 g/mol. The van der Waals surface area contributed by atoms with Crippen LogP contribution in [0.15, 0.2) is 36.4 Å². The van der Waals surface area contributed by atoms with Gasteiger partial charge in [0.15, 0.2) is 11.6 Å². The fourth-order valence-electron chi connectivity index (χ4n) is 1.73. The summed E-state index contributed by atoms with van der Waals surface area (Å²) in [5.41, 5.74) is 6.25. The molecule has 0 radical (unpaired) electrons. The summed E-state index contributed by atoms with van der Waals surface area (Å²) < 4.78 is 24.5. The van der Waals surface area contributed by atoms with E-state index in [-0.39, 0.29) is 11.6 Å².